The van der Waals surface area contributed by atoms with Gasteiger partial charge in [0.15, 0.2) is 10.8 Å². The molecule has 20 heavy (non-hydrogen) atoms. The molecule has 1 N–H and O–H groups in total. The average molecular weight is 304 g/mol. The van der Waals surface area contributed by atoms with Gasteiger partial charge in [-0.15, -0.1) is 11.3 Å². The van der Waals surface area contributed by atoms with Crippen molar-refractivity contribution in [2.24, 2.45) is 0 Å². The quantitative estimate of drug-likeness (QED) is 0.948. The van der Waals surface area contributed by atoms with E-state index in [2.05, 4.69) is 15.4 Å². The number of rotatable bonds is 3. The maximum Gasteiger partial charge on any atom is 0.435 e. The first-order chi connectivity index (χ1) is 9.25. The zero-order chi connectivity index (χ0) is 14.9. The Hall–Kier alpha value is -1.90. The van der Waals surface area contributed by atoms with Gasteiger partial charge in [0.05, 0.1) is 5.69 Å². The number of amides is 1. The lowest BCUT2D eigenvalue weighted by molar-refractivity contribution is -0.141. The fourth-order valence-electron chi connectivity index (χ4n) is 1.43. The highest BCUT2D eigenvalue weighted by molar-refractivity contribution is 7.15. The summed E-state index contributed by atoms with van der Waals surface area (Å²) >= 11 is 1.31. The molecule has 0 aliphatic rings. The van der Waals surface area contributed by atoms with Gasteiger partial charge in [0.1, 0.15) is 6.54 Å². The monoisotopic (exact) mass is 304 g/mol. The van der Waals surface area contributed by atoms with Gasteiger partial charge in [-0.3, -0.25) is 9.48 Å². The third-order valence-electron chi connectivity index (χ3n) is 2.51. The minimum absolute atomic E-state index is 0.298. The van der Waals surface area contributed by atoms with Gasteiger partial charge < -0.3 is 5.32 Å². The van der Waals surface area contributed by atoms with Crippen molar-refractivity contribution in [1.82, 2.24) is 14.8 Å². The number of aromatic nitrogens is 3. The second-order valence-electron chi connectivity index (χ2n) is 4.11. The summed E-state index contributed by atoms with van der Waals surface area (Å²) in [5.41, 5.74) is -0.213. The standard InChI is InChI=1S/C11H11F3N4OS/c1-6-7(2)20-10(15-6)16-9(19)5-18-4-3-8(17-18)11(12,13)14/h3-4H,5H2,1-2H3,(H,15,16,19). The van der Waals surface area contributed by atoms with Crippen molar-refractivity contribution in [2.45, 2.75) is 26.6 Å². The number of carbonyl (C=O) groups excluding carboxylic acids is 1. The number of carbonyl (C=O) groups is 1. The summed E-state index contributed by atoms with van der Waals surface area (Å²) in [6.07, 6.45) is -3.40. The molecular formula is C11H11F3N4OS. The number of nitrogens with zero attached hydrogens (tertiary/aromatic N) is 3. The smallest absolute Gasteiger partial charge is 0.300 e. The molecule has 5 nitrogen and oxygen atoms in total. The number of nitrogens with one attached hydrogen (secondary N) is 1. The van der Waals surface area contributed by atoms with E-state index >= 15 is 0 Å². The summed E-state index contributed by atoms with van der Waals surface area (Å²) in [5.74, 6) is -0.476. The third kappa shape index (κ3) is 3.35. The Labute approximate surface area is 116 Å². The van der Waals surface area contributed by atoms with Crippen LogP contribution in [0.5, 0.6) is 0 Å². The summed E-state index contributed by atoms with van der Waals surface area (Å²) < 4.78 is 38.0. The van der Waals surface area contributed by atoms with E-state index in [-0.39, 0.29) is 6.54 Å². The number of hydrogen-bond acceptors (Lipinski definition) is 4. The van der Waals surface area contributed by atoms with Crippen molar-refractivity contribution in [2.75, 3.05) is 5.32 Å². The zero-order valence-electron chi connectivity index (χ0n) is 10.7. The topological polar surface area (TPSA) is 59.8 Å². The lowest BCUT2D eigenvalue weighted by Crippen LogP contribution is -2.19. The fourth-order valence-corrected chi connectivity index (χ4v) is 2.26. The van der Waals surface area contributed by atoms with Crippen LogP contribution in [0, 0.1) is 13.8 Å². The van der Waals surface area contributed by atoms with Crippen molar-refractivity contribution in [3.63, 3.8) is 0 Å². The molecule has 2 aromatic heterocycles. The maximum absolute atomic E-state index is 12.3. The molecule has 0 bridgehead atoms. The van der Waals surface area contributed by atoms with Gasteiger partial charge >= 0.3 is 6.18 Å². The van der Waals surface area contributed by atoms with Crippen molar-refractivity contribution in [3.05, 3.63) is 28.5 Å². The molecule has 0 spiro atoms. The van der Waals surface area contributed by atoms with Crippen LogP contribution in [0.1, 0.15) is 16.3 Å². The molecule has 0 aliphatic carbocycles. The fraction of sp³-hybridized carbons (Fsp3) is 0.364. The minimum atomic E-state index is -4.51. The molecule has 0 aromatic carbocycles. The van der Waals surface area contributed by atoms with E-state index in [9.17, 15) is 18.0 Å². The first-order valence-electron chi connectivity index (χ1n) is 5.60. The zero-order valence-corrected chi connectivity index (χ0v) is 11.5. The Bertz CT molecular complexity index is 612. The molecule has 0 saturated carbocycles. The first-order valence-corrected chi connectivity index (χ1v) is 6.42. The van der Waals surface area contributed by atoms with Crippen LogP contribution >= 0.6 is 11.3 Å². The second-order valence-corrected chi connectivity index (χ2v) is 5.31. The van der Waals surface area contributed by atoms with Crippen LogP contribution in [0.2, 0.25) is 0 Å². The Morgan fingerprint density at radius 3 is 2.65 bits per heavy atom. The Morgan fingerprint density at radius 1 is 1.45 bits per heavy atom. The molecule has 0 saturated heterocycles. The predicted molar refractivity (Wildman–Crippen MR) is 67.4 cm³/mol. The summed E-state index contributed by atoms with van der Waals surface area (Å²) in [7, 11) is 0. The van der Waals surface area contributed by atoms with Gasteiger partial charge in [-0.05, 0) is 19.9 Å². The van der Waals surface area contributed by atoms with Crippen LogP contribution in [0.3, 0.4) is 0 Å². The molecule has 2 rings (SSSR count). The van der Waals surface area contributed by atoms with Gasteiger partial charge in [-0.1, -0.05) is 0 Å². The molecule has 0 radical (unpaired) electrons. The number of halogens is 3. The van der Waals surface area contributed by atoms with Crippen molar-refractivity contribution in [1.29, 1.82) is 0 Å². The van der Waals surface area contributed by atoms with Crippen LogP contribution in [0.15, 0.2) is 12.3 Å². The van der Waals surface area contributed by atoms with E-state index in [4.69, 9.17) is 0 Å². The average Bonchev–Trinajstić information content (AvgIpc) is 2.86. The van der Waals surface area contributed by atoms with Crippen LogP contribution < -0.4 is 5.32 Å². The van der Waals surface area contributed by atoms with Crippen LogP contribution in [-0.4, -0.2) is 20.7 Å². The molecular weight excluding hydrogens is 293 g/mol. The van der Waals surface area contributed by atoms with Crippen LogP contribution in [0.4, 0.5) is 18.3 Å². The molecule has 9 heteroatoms. The number of alkyl halides is 3. The summed E-state index contributed by atoms with van der Waals surface area (Å²) in [6.45, 7) is 3.38. The van der Waals surface area contributed by atoms with Crippen LogP contribution in [0.25, 0.3) is 0 Å². The van der Waals surface area contributed by atoms with Crippen molar-refractivity contribution in [3.8, 4) is 0 Å². The molecule has 1 amide bonds. The third-order valence-corrected chi connectivity index (χ3v) is 3.50. The Kier molecular flexibility index (Phi) is 3.80. The normalized spacial score (nSPS) is 11.7. The van der Waals surface area contributed by atoms with Crippen molar-refractivity contribution >= 4 is 22.4 Å². The van der Waals surface area contributed by atoms with E-state index in [1.165, 1.54) is 11.3 Å². The summed E-state index contributed by atoms with van der Waals surface area (Å²) in [4.78, 5) is 16.8. The first kappa shape index (κ1) is 14.5. The minimum Gasteiger partial charge on any atom is -0.300 e. The summed E-state index contributed by atoms with van der Waals surface area (Å²) in [5, 5.41) is 6.25. The molecule has 0 atom stereocenters. The Morgan fingerprint density at radius 2 is 2.15 bits per heavy atom. The van der Waals surface area contributed by atoms with E-state index in [1.54, 1.807) is 0 Å². The number of thiazole rings is 1. The predicted octanol–water partition coefficient (Wildman–Crippen LogP) is 2.61. The molecule has 0 fully saturated rings. The maximum atomic E-state index is 12.3. The highest BCUT2D eigenvalue weighted by atomic mass is 32.1. The van der Waals surface area contributed by atoms with E-state index < -0.39 is 17.8 Å². The molecule has 2 heterocycles. The highest BCUT2D eigenvalue weighted by Crippen LogP contribution is 2.27. The van der Waals surface area contributed by atoms with E-state index in [1.807, 2.05) is 13.8 Å². The Balaban J connectivity index is 1.99. The van der Waals surface area contributed by atoms with E-state index in [0.717, 1.165) is 27.5 Å². The second kappa shape index (κ2) is 5.23. The highest BCUT2D eigenvalue weighted by Gasteiger charge is 2.33. The largest absolute Gasteiger partial charge is 0.435 e. The number of hydrogen-bond donors (Lipinski definition) is 1. The van der Waals surface area contributed by atoms with Gasteiger partial charge in [0.2, 0.25) is 5.91 Å². The molecule has 108 valence electrons. The van der Waals surface area contributed by atoms with Gasteiger partial charge in [0, 0.05) is 11.1 Å². The molecule has 0 unspecified atom stereocenters. The SMILES string of the molecule is Cc1nc(NC(=O)Cn2ccc(C(F)(F)F)n2)sc1C. The van der Waals surface area contributed by atoms with E-state index in [0.29, 0.717) is 5.13 Å². The van der Waals surface area contributed by atoms with Gasteiger partial charge in [-0.25, -0.2) is 4.98 Å². The lowest BCUT2D eigenvalue weighted by atomic mass is 10.4. The molecule has 0 aliphatic heterocycles. The number of anilines is 1. The molecule has 2 aromatic rings. The lowest BCUT2D eigenvalue weighted by Gasteiger charge is -2.03. The summed E-state index contributed by atoms with van der Waals surface area (Å²) in [6, 6.07) is 0.824. The van der Waals surface area contributed by atoms with Crippen molar-refractivity contribution < 1.29 is 18.0 Å². The van der Waals surface area contributed by atoms with Gasteiger partial charge in [-0.2, -0.15) is 18.3 Å². The number of aryl methyl sites for hydroxylation is 2. The van der Waals surface area contributed by atoms with Crippen LogP contribution in [-0.2, 0) is 17.5 Å². The van der Waals surface area contributed by atoms with Gasteiger partial charge in [0.25, 0.3) is 0 Å².